The van der Waals surface area contributed by atoms with Crippen LogP contribution in [0.5, 0.6) is 0 Å². The maximum atomic E-state index is 13.4. The zero-order valence-corrected chi connectivity index (χ0v) is 23.6. The van der Waals surface area contributed by atoms with Crippen molar-refractivity contribution in [2.24, 2.45) is 7.05 Å². The molecular formula is C28H42ClN5O2. The molecule has 0 spiro atoms. The second kappa shape index (κ2) is 12.2. The van der Waals surface area contributed by atoms with Crippen LogP contribution >= 0.6 is 11.6 Å². The summed E-state index contributed by atoms with van der Waals surface area (Å²) >= 11 is 6.54. The number of aryl methyl sites for hydroxylation is 1. The van der Waals surface area contributed by atoms with Crippen LogP contribution in [-0.2, 0) is 13.6 Å². The maximum Gasteiger partial charge on any atom is 0.251 e. The lowest BCUT2D eigenvalue weighted by Crippen LogP contribution is -2.42. The Morgan fingerprint density at radius 1 is 1.08 bits per heavy atom. The first-order valence-corrected chi connectivity index (χ1v) is 13.4. The van der Waals surface area contributed by atoms with Crippen LogP contribution in [0.25, 0.3) is 0 Å². The summed E-state index contributed by atoms with van der Waals surface area (Å²) in [6.07, 6.45) is 4.57. The molecule has 0 unspecified atom stereocenters. The van der Waals surface area contributed by atoms with Gasteiger partial charge in [-0.2, -0.15) is 0 Å². The number of carbonyl (C=O) groups excluding carboxylic acids is 1. The van der Waals surface area contributed by atoms with Gasteiger partial charge in [0.2, 0.25) is 0 Å². The van der Waals surface area contributed by atoms with Gasteiger partial charge in [0.15, 0.2) is 5.43 Å². The summed E-state index contributed by atoms with van der Waals surface area (Å²) in [5.74, 6) is 0.505. The molecule has 2 N–H and O–H groups in total. The third-order valence-electron chi connectivity index (χ3n) is 7.63. The Hall–Kier alpha value is -2.51. The minimum atomic E-state index is -0.228. The molecule has 1 saturated carbocycles. The summed E-state index contributed by atoms with van der Waals surface area (Å²) in [6.45, 7) is 9.70. The monoisotopic (exact) mass is 515 g/mol. The number of nitrogens with zero attached hydrogens (tertiary/aromatic N) is 3. The highest BCUT2D eigenvalue weighted by atomic mass is 35.5. The standard InChI is InChI=1S/C28H42ClN5O2/c1-8-30-27-24(26(35)14-18(3)33(27)7)17-31-28(36)23-15-20(29)16-25(19(23)4)34(9-2)22-12-10-21(11-13-22)32(5)6/h14-16,21-22,30H,8-13,17H2,1-7H3,(H,31,36). The van der Waals surface area contributed by atoms with Gasteiger partial charge in [0.05, 0.1) is 12.1 Å². The zero-order valence-electron chi connectivity index (χ0n) is 22.9. The Kier molecular flexibility index (Phi) is 9.47. The molecule has 1 aromatic carbocycles. The predicted molar refractivity (Wildman–Crippen MR) is 151 cm³/mol. The molecule has 2 aromatic rings. The first-order chi connectivity index (χ1) is 17.1. The average molecular weight is 516 g/mol. The molecule has 1 amide bonds. The van der Waals surface area contributed by atoms with Crippen LogP contribution in [-0.4, -0.2) is 54.6 Å². The Morgan fingerprint density at radius 3 is 2.31 bits per heavy atom. The molecule has 0 bridgehead atoms. The fourth-order valence-electron chi connectivity index (χ4n) is 5.41. The van der Waals surface area contributed by atoms with E-state index in [4.69, 9.17) is 11.6 Å². The van der Waals surface area contributed by atoms with E-state index in [0.717, 1.165) is 42.1 Å². The van der Waals surface area contributed by atoms with Gasteiger partial charge in [-0.25, -0.2) is 0 Å². The molecule has 36 heavy (non-hydrogen) atoms. The van der Waals surface area contributed by atoms with Gasteiger partial charge in [0.1, 0.15) is 5.82 Å². The van der Waals surface area contributed by atoms with Crippen molar-refractivity contribution in [3.8, 4) is 0 Å². The van der Waals surface area contributed by atoms with Crippen molar-refractivity contribution in [1.29, 1.82) is 0 Å². The fraction of sp³-hybridized carbons (Fsp3) is 0.571. The van der Waals surface area contributed by atoms with Crippen molar-refractivity contribution >= 4 is 29.0 Å². The molecule has 0 radical (unpaired) electrons. The molecule has 198 valence electrons. The largest absolute Gasteiger partial charge is 0.371 e. The van der Waals surface area contributed by atoms with E-state index < -0.39 is 0 Å². The van der Waals surface area contributed by atoms with Gasteiger partial charge < -0.3 is 25.0 Å². The normalized spacial score (nSPS) is 17.8. The summed E-state index contributed by atoms with van der Waals surface area (Å²) < 4.78 is 1.94. The first kappa shape index (κ1) is 28.1. The van der Waals surface area contributed by atoms with Gasteiger partial charge in [-0.15, -0.1) is 0 Å². The highest BCUT2D eigenvalue weighted by Gasteiger charge is 2.28. The molecule has 7 nitrogen and oxygen atoms in total. The number of aromatic nitrogens is 1. The second-order valence-corrected chi connectivity index (χ2v) is 10.5. The van der Waals surface area contributed by atoms with Crippen LogP contribution in [0.2, 0.25) is 5.02 Å². The average Bonchev–Trinajstić information content (AvgIpc) is 2.84. The molecule has 1 fully saturated rings. The topological polar surface area (TPSA) is 69.6 Å². The van der Waals surface area contributed by atoms with Gasteiger partial charge in [0, 0.05) is 60.3 Å². The van der Waals surface area contributed by atoms with E-state index in [1.165, 1.54) is 12.8 Å². The van der Waals surface area contributed by atoms with E-state index >= 15 is 0 Å². The molecule has 3 rings (SSSR count). The van der Waals surface area contributed by atoms with Crippen molar-refractivity contribution in [2.75, 3.05) is 37.4 Å². The summed E-state index contributed by atoms with van der Waals surface area (Å²) in [4.78, 5) is 30.8. The molecule has 0 aliphatic heterocycles. The minimum absolute atomic E-state index is 0.0872. The Bertz CT molecular complexity index is 1140. The molecule has 1 aromatic heterocycles. The lowest BCUT2D eigenvalue weighted by Gasteiger charge is -2.40. The van der Waals surface area contributed by atoms with Gasteiger partial charge in [-0.1, -0.05) is 11.6 Å². The number of amides is 1. The van der Waals surface area contributed by atoms with Crippen molar-refractivity contribution < 1.29 is 4.79 Å². The van der Waals surface area contributed by atoms with Gasteiger partial charge in [0.25, 0.3) is 5.91 Å². The first-order valence-electron chi connectivity index (χ1n) is 13.0. The van der Waals surface area contributed by atoms with E-state index in [1.807, 2.05) is 38.5 Å². The highest BCUT2D eigenvalue weighted by Crippen LogP contribution is 2.34. The molecule has 1 aliphatic carbocycles. The summed E-state index contributed by atoms with van der Waals surface area (Å²) in [5.41, 5.74) is 3.80. The molecule has 0 saturated heterocycles. The predicted octanol–water partition coefficient (Wildman–Crippen LogP) is 4.72. The molecule has 8 heteroatoms. The summed E-state index contributed by atoms with van der Waals surface area (Å²) in [5, 5.41) is 6.79. The third-order valence-corrected chi connectivity index (χ3v) is 7.85. The zero-order chi connectivity index (χ0) is 26.6. The molecule has 1 aliphatic rings. The minimum Gasteiger partial charge on any atom is -0.371 e. The number of benzene rings is 1. The van der Waals surface area contributed by atoms with Crippen LogP contribution in [0.4, 0.5) is 11.5 Å². The third kappa shape index (κ3) is 6.06. The second-order valence-electron chi connectivity index (χ2n) is 10.1. The van der Waals surface area contributed by atoms with Gasteiger partial charge >= 0.3 is 0 Å². The maximum absolute atomic E-state index is 13.4. The molecular weight excluding hydrogens is 474 g/mol. The quantitative estimate of drug-likeness (QED) is 0.506. The molecule has 0 atom stereocenters. The Morgan fingerprint density at radius 2 is 1.72 bits per heavy atom. The van der Waals surface area contributed by atoms with E-state index in [2.05, 4.69) is 41.5 Å². The smallest absolute Gasteiger partial charge is 0.251 e. The van der Waals surface area contributed by atoms with Crippen LogP contribution in [0.3, 0.4) is 0 Å². The van der Waals surface area contributed by atoms with E-state index in [-0.39, 0.29) is 17.9 Å². The van der Waals surface area contributed by atoms with Crippen molar-refractivity contribution in [3.05, 3.63) is 55.8 Å². The number of halogens is 1. The number of hydrogen-bond acceptors (Lipinski definition) is 5. The number of rotatable bonds is 9. The summed E-state index contributed by atoms with van der Waals surface area (Å²) in [6, 6.07) is 6.37. The lowest BCUT2D eigenvalue weighted by molar-refractivity contribution is 0.0950. The van der Waals surface area contributed by atoms with Crippen LogP contribution in [0.1, 0.15) is 66.7 Å². The van der Waals surface area contributed by atoms with Crippen LogP contribution in [0.15, 0.2) is 23.0 Å². The summed E-state index contributed by atoms with van der Waals surface area (Å²) in [7, 11) is 6.22. The Balaban J connectivity index is 1.85. The lowest BCUT2D eigenvalue weighted by atomic mass is 9.89. The number of hydrogen-bond donors (Lipinski definition) is 2. The van der Waals surface area contributed by atoms with Crippen LogP contribution in [0, 0.1) is 13.8 Å². The molecule has 1 heterocycles. The Labute approximate surface area is 220 Å². The van der Waals surface area contributed by atoms with Gasteiger partial charge in [-0.05, 0) is 85.2 Å². The van der Waals surface area contributed by atoms with Crippen LogP contribution < -0.4 is 21.0 Å². The number of pyridine rings is 1. The fourth-order valence-corrected chi connectivity index (χ4v) is 5.62. The van der Waals surface area contributed by atoms with Gasteiger partial charge in [-0.3, -0.25) is 9.59 Å². The highest BCUT2D eigenvalue weighted by molar-refractivity contribution is 6.31. The van der Waals surface area contributed by atoms with Crippen molar-refractivity contribution in [1.82, 2.24) is 14.8 Å². The number of anilines is 2. The van der Waals surface area contributed by atoms with Crippen molar-refractivity contribution in [2.45, 2.75) is 72.0 Å². The van der Waals surface area contributed by atoms with E-state index in [9.17, 15) is 9.59 Å². The number of carbonyl (C=O) groups is 1. The number of nitrogens with one attached hydrogen (secondary N) is 2. The van der Waals surface area contributed by atoms with E-state index in [1.54, 1.807) is 12.1 Å². The SMILES string of the molecule is CCNc1c(CNC(=O)c2cc(Cl)cc(N(CC)C3CCC(N(C)C)CC3)c2C)c(=O)cc(C)n1C. The van der Waals surface area contributed by atoms with Crippen molar-refractivity contribution in [3.63, 3.8) is 0 Å². The van der Waals surface area contributed by atoms with E-state index in [0.29, 0.717) is 34.8 Å².